The summed E-state index contributed by atoms with van der Waals surface area (Å²) >= 11 is 0. The summed E-state index contributed by atoms with van der Waals surface area (Å²) in [4.78, 5) is 35.9. The molecule has 1 fully saturated rings. The zero-order valence-corrected chi connectivity index (χ0v) is 16.5. The first kappa shape index (κ1) is 20.4. The molecule has 2 unspecified atom stereocenters. The second-order valence-corrected chi connectivity index (χ2v) is 7.11. The second-order valence-electron chi connectivity index (χ2n) is 7.11. The van der Waals surface area contributed by atoms with Crippen LogP contribution >= 0.6 is 0 Å². The minimum atomic E-state index is -0.278. The lowest BCUT2D eigenvalue weighted by Gasteiger charge is -2.10. The highest BCUT2D eigenvalue weighted by Crippen LogP contribution is 2.38. The fourth-order valence-electron chi connectivity index (χ4n) is 2.89. The van der Waals surface area contributed by atoms with Gasteiger partial charge in [-0.25, -0.2) is 0 Å². The molecule has 7 nitrogen and oxygen atoms in total. The smallest absolute Gasteiger partial charge is 0.257 e. The molecular weight excluding hydrogens is 370 g/mol. The van der Waals surface area contributed by atoms with Crippen molar-refractivity contribution in [2.24, 2.45) is 11.8 Å². The van der Waals surface area contributed by atoms with Crippen molar-refractivity contribution in [3.63, 3.8) is 0 Å². The van der Waals surface area contributed by atoms with Crippen molar-refractivity contribution in [1.82, 2.24) is 5.32 Å². The molecule has 0 aliphatic heterocycles. The zero-order valence-electron chi connectivity index (χ0n) is 16.5. The van der Waals surface area contributed by atoms with E-state index in [0.717, 1.165) is 6.42 Å². The zero-order chi connectivity index (χ0) is 20.8. The third-order valence-electron chi connectivity index (χ3n) is 4.70. The van der Waals surface area contributed by atoms with E-state index in [1.807, 2.05) is 6.92 Å². The number of amides is 3. The second kappa shape index (κ2) is 9.23. The number of rotatable bonds is 8. The largest absolute Gasteiger partial charge is 0.484 e. The Kier molecular flexibility index (Phi) is 6.49. The molecule has 3 N–H and O–H groups in total. The van der Waals surface area contributed by atoms with Gasteiger partial charge in [-0.1, -0.05) is 13.0 Å². The van der Waals surface area contributed by atoms with Crippen molar-refractivity contribution in [3.05, 3.63) is 54.1 Å². The molecule has 7 heteroatoms. The van der Waals surface area contributed by atoms with Gasteiger partial charge in [-0.05, 0) is 55.7 Å². The van der Waals surface area contributed by atoms with Gasteiger partial charge in [0.05, 0.1) is 0 Å². The molecule has 0 heterocycles. The van der Waals surface area contributed by atoms with Crippen molar-refractivity contribution in [1.29, 1.82) is 0 Å². The van der Waals surface area contributed by atoms with Gasteiger partial charge in [0.25, 0.3) is 11.8 Å². The highest BCUT2D eigenvalue weighted by molar-refractivity contribution is 6.04. The van der Waals surface area contributed by atoms with Crippen LogP contribution in [0.3, 0.4) is 0 Å². The molecule has 1 aliphatic rings. The van der Waals surface area contributed by atoms with Crippen LogP contribution in [0, 0.1) is 11.8 Å². The van der Waals surface area contributed by atoms with Crippen LogP contribution < -0.4 is 20.7 Å². The summed E-state index contributed by atoms with van der Waals surface area (Å²) in [5.41, 5.74) is 1.70. The quantitative estimate of drug-likeness (QED) is 0.640. The molecule has 3 rings (SSSR count). The Morgan fingerprint density at radius 1 is 1.03 bits per heavy atom. The highest BCUT2D eigenvalue weighted by atomic mass is 16.5. The first-order chi connectivity index (χ1) is 14.0. The number of hydrogen-bond donors (Lipinski definition) is 3. The Hall–Kier alpha value is -3.35. The molecule has 0 radical (unpaired) electrons. The van der Waals surface area contributed by atoms with Crippen LogP contribution in [0.5, 0.6) is 5.75 Å². The van der Waals surface area contributed by atoms with Crippen LogP contribution in [0.25, 0.3) is 0 Å². The predicted molar refractivity (Wildman–Crippen MR) is 111 cm³/mol. The van der Waals surface area contributed by atoms with E-state index in [1.165, 1.54) is 0 Å². The van der Waals surface area contributed by atoms with Crippen LogP contribution in [0.1, 0.15) is 30.6 Å². The first-order valence-electron chi connectivity index (χ1n) is 9.68. The molecule has 1 aliphatic carbocycles. The number of benzene rings is 2. The normalized spacial score (nSPS) is 17.2. The molecule has 2 aromatic carbocycles. The summed E-state index contributed by atoms with van der Waals surface area (Å²) in [5.74, 6) is 0.576. The van der Waals surface area contributed by atoms with Gasteiger partial charge in [-0.15, -0.1) is 0 Å². The predicted octanol–water partition coefficient (Wildman–Crippen LogP) is 3.05. The maximum atomic E-state index is 12.5. The van der Waals surface area contributed by atoms with Crippen LogP contribution in [0.2, 0.25) is 0 Å². The summed E-state index contributed by atoms with van der Waals surface area (Å²) in [6, 6.07) is 13.6. The third-order valence-corrected chi connectivity index (χ3v) is 4.70. The fourth-order valence-corrected chi connectivity index (χ4v) is 2.89. The SMILES string of the molecule is CCNC(=O)COc1cccc(NC(=O)c2ccc(NC(=O)C3CC3C)cc2)c1. The summed E-state index contributed by atoms with van der Waals surface area (Å²) in [6.07, 6.45) is 0.929. The monoisotopic (exact) mass is 395 g/mol. The van der Waals surface area contributed by atoms with E-state index in [4.69, 9.17) is 4.74 Å². The maximum Gasteiger partial charge on any atom is 0.257 e. The van der Waals surface area contributed by atoms with E-state index in [-0.39, 0.29) is 30.2 Å². The molecule has 0 aromatic heterocycles. The van der Waals surface area contributed by atoms with Crippen LogP contribution in [0.4, 0.5) is 11.4 Å². The van der Waals surface area contributed by atoms with E-state index >= 15 is 0 Å². The average Bonchev–Trinajstić information content (AvgIpc) is 3.44. The van der Waals surface area contributed by atoms with E-state index < -0.39 is 0 Å². The summed E-state index contributed by atoms with van der Waals surface area (Å²) in [5, 5.41) is 8.32. The average molecular weight is 395 g/mol. The number of anilines is 2. The molecule has 3 amide bonds. The van der Waals surface area contributed by atoms with Crippen molar-refractivity contribution >= 4 is 29.1 Å². The molecule has 2 atom stereocenters. The Morgan fingerprint density at radius 2 is 1.76 bits per heavy atom. The number of ether oxygens (including phenoxy) is 1. The first-order valence-corrected chi connectivity index (χ1v) is 9.68. The standard InChI is InChI=1S/C22H25N3O4/c1-3-23-20(26)13-29-18-6-4-5-17(12-18)25-21(27)15-7-9-16(10-8-15)24-22(28)19-11-14(19)2/h4-10,12,14,19H,3,11,13H2,1-2H3,(H,23,26)(H,24,28)(H,25,27). The van der Waals surface area contributed by atoms with Gasteiger partial charge in [-0.2, -0.15) is 0 Å². The lowest BCUT2D eigenvalue weighted by Crippen LogP contribution is -2.28. The van der Waals surface area contributed by atoms with E-state index in [1.54, 1.807) is 48.5 Å². The molecule has 152 valence electrons. The lowest BCUT2D eigenvalue weighted by molar-refractivity contribution is -0.123. The Balaban J connectivity index is 1.55. The molecule has 0 saturated heterocycles. The summed E-state index contributed by atoms with van der Waals surface area (Å²) in [6.45, 7) is 4.35. The minimum Gasteiger partial charge on any atom is -0.484 e. The molecular formula is C22H25N3O4. The molecule has 2 aromatic rings. The fraction of sp³-hybridized carbons (Fsp3) is 0.318. The molecule has 0 bridgehead atoms. The van der Waals surface area contributed by atoms with Crippen LogP contribution in [-0.2, 0) is 9.59 Å². The van der Waals surface area contributed by atoms with Crippen LogP contribution in [0.15, 0.2) is 48.5 Å². The third kappa shape index (κ3) is 5.81. The Bertz CT molecular complexity index is 895. The van der Waals surface area contributed by atoms with Crippen molar-refractivity contribution in [3.8, 4) is 5.75 Å². The summed E-state index contributed by atoms with van der Waals surface area (Å²) in [7, 11) is 0. The van der Waals surface area contributed by atoms with E-state index in [2.05, 4.69) is 22.9 Å². The van der Waals surface area contributed by atoms with Gasteiger partial charge >= 0.3 is 0 Å². The van der Waals surface area contributed by atoms with Gasteiger partial charge in [0, 0.05) is 35.5 Å². The number of nitrogens with one attached hydrogen (secondary N) is 3. The Labute approximate surface area is 169 Å². The number of hydrogen-bond acceptors (Lipinski definition) is 4. The van der Waals surface area contributed by atoms with Gasteiger partial charge in [0.1, 0.15) is 5.75 Å². The van der Waals surface area contributed by atoms with Gasteiger partial charge in [0.15, 0.2) is 6.61 Å². The van der Waals surface area contributed by atoms with Crippen molar-refractivity contribution in [2.75, 3.05) is 23.8 Å². The highest BCUT2D eigenvalue weighted by Gasteiger charge is 2.39. The Morgan fingerprint density at radius 3 is 2.41 bits per heavy atom. The lowest BCUT2D eigenvalue weighted by atomic mass is 10.2. The minimum absolute atomic E-state index is 0.0270. The van der Waals surface area contributed by atoms with Gasteiger partial charge in [0.2, 0.25) is 5.91 Å². The van der Waals surface area contributed by atoms with Crippen molar-refractivity contribution < 1.29 is 19.1 Å². The van der Waals surface area contributed by atoms with Crippen molar-refractivity contribution in [2.45, 2.75) is 20.3 Å². The molecule has 0 spiro atoms. The van der Waals surface area contributed by atoms with Crippen LogP contribution in [-0.4, -0.2) is 30.9 Å². The maximum absolute atomic E-state index is 12.5. The van der Waals surface area contributed by atoms with Gasteiger partial charge in [-0.3, -0.25) is 14.4 Å². The topological polar surface area (TPSA) is 96.5 Å². The molecule has 1 saturated carbocycles. The number of carbonyl (C=O) groups excluding carboxylic acids is 3. The van der Waals surface area contributed by atoms with E-state index in [9.17, 15) is 14.4 Å². The number of carbonyl (C=O) groups is 3. The van der Waals surface area contributed by atoms with E-state index in [0.29, 0.717) is 35.2 Å². The summed E-state index contributed by atoms with van der Waals surface area (Å²) < 4.78 is 5.43. The van der Waals surface area contributed by atoms with Gasteiger partial charge < -0.3 is 20.7 Å². The number of likely N-dealkylation sites (N-methyl/N-ethyl adjacent to an activating group) is 1. The molecule has 29 heavy (non-hydrogen) atoms.